The molecule has 1 aromatic heterocycles. The molecule has 0 aliphatic heterocycles. The number of nitrogens with one attached hydrogen (secondary N) is 2. The van der Waals surface area contributed by atoms with Gasteiger partial charge in [0.1, 0.15) is 5.75 Å². The number of hydrogen-bond acceptors (Lipinski definition) is 3. The van der Waals surface area contributed by atoms with Crippen molar-refractivity contribution in [2.24, 2.45) is 0 Å². The van der Waals surface area contributed by atoms with Crippen molar-refractivity contribution in [3.05, 3.63) is 59.7 Å². The van der Waals surface area contributed by atoms with Gasteiger partial charge in [-0.25, -0.2) is 0 Å². The van der Waals surface area contributed by atoms with Crippen LogP contribution in [-0.4, -0.2) is 17.3 Å². The van der Waals surface area contributed by atoms with Gasteiger partial charge in [-0.15, -0.1) is 0 Å². The monoisotopic (exact) mass is 291 g/mol. The molecule has 0 amide bonds. The fraction of sp³-hybridized carbons (Fsp3) is 0.167. The number of aryl methyl sites for hydroxylation is 1. The normalized spacial score (nSPS) is 12.4. The first kappa shape index (κ1) is 13.0. The summed E-state index contributed by atoms with van der Waals surface area (Å²) in [5.74, 6) is 1.76. The predicted octanol–water partition coefficient (Wildman–Crippen LogP) is 3.93. The molecule has 2 N–H and O–H groups in total. The van der Waals surface area contributed by atoms with Crippen LogP contribution in [0.4, 0.5) is 11.5 Å². The van der Waals surface area contributed by atoms with E-state index >= 15 is 0 Å². The molecule has 1 aliphatic carbocycles. The Bertz CT molecular complexity index is 805. The van der Waals surface area contributed by atoms with Crippen LogP contribution in [0.3, 0.4) is 0 Å². The molecular formula is C18H17N3O. The molecule has 2 aromatic carbocycles. The van der Waals surface area contributed by atoms with Crippen LogP contribution in [0.2, 0.25) is 0 Å². The Kier molecular flexibility index (Phi) is 3.07. The minimum Gasteiger partial charge on any atom is -0.497 e. The Hall–Kier alpha value is -2.75. The van der Waals surface area contributed by atoms with Crippen LogP contribution in [0.25, 0.3) is 11.3 Å². The molecule has 0 radical (unpaired) electrons. The predicted molar refractivity (Wildman–Crippen MR) is 87.7 cm³/mol. The van der Waals surface area contributed by atoms with Crippen molar-refractivity contribution in [1.82, 2.24) is 10.2 Å². The van der Waals surface area contributed by atoms with E-state index in [-0.39, 0.29) is 0 Å². The molecule has 110 valence electrons. The van der Waals surface area contributed by atoms with Gasteiger partial charge in [0, 0.05) is 16.8 Å². The number of ether oxygens (including phenoxy) is 1. The van der Waals surface area contributed by atoms with E-state index < -0.39 is 0 Å². The van der Waals surface area contributed by atoms with E-state index in [4.69, 9.17) is 4.74 Å². The van der Waals surface area contributed by atoms with Gasteiger partial charge in [-0.05, 0) is 42.7 Å². The van der Waals surface area contributed by atoms with E-state index in [1.54, 1.807) is 7.11 Å². The minimum absolute atomic E-state index is 0.850. The Balaban J connectivity index is 1.66. The van der Waals surface area contributed by atoms with E-state index in [9.17, 15) is 0 Å². The van der Waals surface area contributed by atoms with Gasteiger partial charge in [-0.2, -0.15) is 5.10 Å². The molecule has 4 nitrogen and oxygen atoms in total. The maximum atomic E-state index is 5.18. The summed E-state index contributed by atoms with van der Waals surface area (Å²) < 4.78 is 5.18. The molecule has 0 saturated heterocycles. The maximum Gasteiger partial charge on any atom is 0.156 e. The van der Waals surface area contributed by atoms with Crippen molar-refractivity contribution in [3.63, 3.8) is 0 Å². The Morgan fingerprint density at radius 2 is 1.86 bits per heavy atom. The van der Waals surface area contributed by atoms with Crippen LogP contribution in [0.5, 0.6) is 5.75 Å². The van der Waals surface area contributed by atoms with Gasteiger partial charge >= 0.3 is 0 Å². The number of anilines is 2. The standard InChI is InChI=1S/C18H17N3O/c1-22-14-9-7-13(8-10-14)19-18-16-11-6-12-4-2-3-5-15(12)17(16)20-21-18/h2-5,7-10H,6,11H2,1H3,(H2,19,20,21). The molecule has 4 heteroatoms. The lowest BCUT2D eigenvalue weighted by Crippen LogP contribution is -2.04. The highest BCUT2D eigenvalue weighted by atomic mass is 16.5. The molecule has 4 rings (SSSR count). The van der Waals surface area contributed by atoms with Gasteiger partial charge in [0.05, 0.1) is 12.8 Å². The summed E-state index contributed by atoms with van der Waals surface area (Å²) in [6.45, 7) is 0. The smallest absolute Gasteiger partial charge is 0.156 e. The molecule has 0 spiro atoms. The number of aromatic nitrogens is 2. The summed E-state index contributed by atoms with van der Waals surface area (Å²) in [6, 6.07) is 16.4. The zero-order valence-electron chi connectivity index (χ0n) is 12.4. The topological polar surface area (TPSA) is 49.9 Å². The van der Waals surface area contributed by atoms with Gasteiger partial charge in [0.25, 0.3) is 0 Å². The van der Waals surface area contributed by atoms with Crippen molar-refractivity contribution in [1.29, 1.82) is 0 Å². The first-order valence-electron chi connectivity index (χ1n) is 7.42. The molecule has 0 unspecified atom stereocenters. The van der Waals surface area contributed by atoms with Gasteiger partial charge in [0.2, 0.25) is 0 Å². The largest absolute Gasteiger partial charge is 0.497 e. The van der Waals surface area contributed by atoms with Crippen LogP contribution in [0.1, 0.15) is 11.1 Å². The molecular weight excluding hydrogens is 274 g/mol. The lowest BCUT2D eigenvalue weighted by atomic mass is 9.90. The van der Waals surface area contributed by atoms with Crippen LogP contribution in [0, 0.1) is 0 Å². The number of hydrogen-bond donors (Lipinski definition) is 2. The first-order valence-corrected chi connectivity index (χ1v) is 7.42. The average molecular weight is 291 g/mol. The van der Waals surface area contributed by atoms with Crippen LogP contribution < -0.4 is 10.1 Å². The summed E-state index contributed by atoms with van der Waals surface area (Å²) in [6.07, 6.45) is 2.06. The van der Waals surface area contributed by atoms with Crippen LogP contribution >= 0.6 is 0 Å². The lowest BCUT2D eigenvalue weighted by Gasteiger charge is -2.16. The van der Waals surface area contributed by atoms with Gasteiger partial charge in [0.15, 0.2) is 5.82 Å². The number of rotatable bonds is 3. The van der Waals surface area contributed by atoms with E-state index in [2.05, 4.69) is 39.8 Å². The number of fused-ring (bicyclic) bond motifs is 3. The van der Waals surface area contributed by atoms with Gasteiger partial charge < -0.3 is 10.1 Å². The third kappa shape index (κ3) is 2.13. The van der Waals surface area contributed by atoms with E-state index in [1.807, 2.05) is 24.3 Å². The van der Waals surface area contributed by atoms with Gasteiger partial charge in [-0.3, -0.25) is 5.10 Å². The van der Waals surface area contributed by atoms with E-state index in [0.717, 1.165) is 35.8 Å². The lowest BCUT2D eigenvalue weighted by molar-refractivity contribution is 0.415. The number of aromatic amines is 1. The summed E-state index contributed by atoms with van der Waals surface area (Å²) in [5.41, 5.74) is 6.05. The van der Waals surface area contributed by atoms with Crippen molar-refractivity contribution in [2.45, 2.75) is 12.8 Å². The molecule has 3 aromatic rings. The van der Waals surface area contributed by atoms with Crippen molar-refractivity contribution in [2.75, 3.05) is 12.4 Å². The number of benzene rings is 2. The Morgan fingerprint density at radius 1 is 1.05 bits per heavy atom. The second-order valence-corrected chi connectivity index (χ2v) is 5.44. The zero-order valence-corrected chi connectivity index (χ0v) is 12.4. The summed E-state index contributed by atoms with van der Waals surface area (Å²) >= 11 is 0. The Labute approximate surface area is 129 Å². The molecule has 1 aliphatic rings. The van der Waals surface area contributed by atoms with Crippen molar-refractivity contribution < 1.29 is 4.74 Å². The van der Waals surface area contributed by atoms with Crippen LogP contribution in [0.15, 0.2) is 48.5 Å². The highest BCUT2D eigenvalue weighted by molar-refractivity contribution is 5.76. The molecule has 0 saturated carbocycles. The quantitative estimate of drug-likeness (QED) is 0.768. The molecule has 0 bridgehead atoms. The SMILES string of the molecule is COc1ccc(Nc2n[nH]c3c2CCc2ccccc2-3)cc1. The molecule has 1 heterocycles. The summed E-state index contributed by atoms with van der Waals surface area (Å²) in [4.78, 5) is 0. The summed E-state index contributed by atoms with van der Waals surface area (Å²) in [5, 5.41) is 11.1. The molecule has 22 heavy (non-hydrogen) atoms. The van der Waals surface area contributed by atoms with Crippen molar-refractivity contribution in [3.8, 4) is 17.0 Å². The number of methoxy groups -OCH3 is 1. The van der Waals surface area contributed by atoms with E-state index in [0.29, 0.717) is 0 Å². The number of nitrogens with zero attached hydrogens (tertiary/aromatic N) is 1. The highest BCUT2D eigenvalue weighted by Gasteiger charge is 2.21. The second-order valence-electron chi connectivity index (χ2n) is 5.44. The average Bonchev–Trinajstić information content (AvgIpc) is 2.99. The highest BCUT2D eigenvalue weighted by Crippen LogP contribution is 2.36. The van der Waals surface area contributed by atoms with Crippen molar-refractivity contribution >= 4 is 11.5 Å². The maximum absolute atomic E-state index is 5.18. The Morgan fingerprint density at radius 3 is 2.68 bits per heavy atom. The molecule has 0 atom stereocenters. The number of H-pyrrole nitrogens is 1. The summed E-state index contributed by atoms with van der Waals surface area (Å²) in [7, 11) is 1.67. The zero-order chi connectivity index (χ0) is 14.9. The fourth-order valence-corrected chi connectivity index (χ4v) is 2.99. The third-order valence-corrected chi connectivity index (χ3v) is 4.15. The molecule has 0 fully saturated rings. The minimum atomic E-state index is 0.850. The van der Waals surface area contributed by atoms with Gasteiger partial charge in [-0.1, -0.05) is 24.3 Å². The second kappa shape index (κ2) is 5.22. The van der Waals surface area contributed by atoms with E-state index in [1.165, 1.54) is 16.7 Å². The van der Waals surface area contributed by atoms with Crippen LogP contribution in [-0.2, 0) is 12.8 Å². The third-order valence-electron chi connectivity index (χ3n) is 4.15. The fourth-order valence-electron chi connectivity index (χ4n) is 2.99. The first-order chi connectivity index (χ1) is 10.8.